The lowest BCUT2D eigenvalue weighted by atomic mass is 10.1. The third-order valence-corrected chi connectivity index (χ3v) is 4.57. The van der Waals surface area contributed by atoms with E-state index in [4.69, 9.17) is 0 Å². The van der Waals surface area contributed by atoms with Crippen molar-refractivity contribution >= 4 is 44.8 Å². The number of carbonyl (C=O) groups is 2. The molecule has 0 atom stereocenters. The Morgan fingerprint density at radius 2 is 1.88 bits per heavy atom. The molecule has 1 aromatic carbocycles. The van der Waals surface area contributed by atoms with Crippen molar-refractivity contribution < 1.29 is 9.59 Å². The molecule has 24 heavy (non-hydrogen) atoms. The molecule has 0 aliphatic heterocycles. The van der Waals surface area contributed by atoms with Crippen LogP contribution in [0.5, 0.6) is 0 Å². The Hall–Kier alpha value is -2.58. The summed E-state index contributed by atoms with van der Waals surface area (Å²) in [7, 11) is 0. The molecule has 0 spiro atoms. The summed E-state index contributed by atoms with van der Waals surface area (Å²) in [5.74, 6) is -0.467. The molecule has 0 fully saturated rings. The first kappa shape index (κ1) is 16.3. The highest BCUT2D eigenvalue weighted by atomic mass is 32.1. The maximum Gasteiger partial charge on any atom is 0.276 e. The third-order valence-electron chi connectivity index (χ3n) is 3.12. The zero-order valence-corrected chi connectivity index (χ0v) is 14.2. The van der Waals surface area contributed by atoms with Crippen molar-refractivity contribution in [2.24, 2.45) is 0 Å². The Kier molecular flexibility index (Phi) is 5.29. The van der Waals surface area contributed by atoms with Crippen LogP contribution in [-0.2, 0) is 11.2 Å². The van der Waals surface area contributed by atoms with Gasteiger partial charge in [-0.25, -0.2) is 9.97 Å². The monoisotopic (exact) mass is 358 g/mol. The van der Waals surface area contributed by atoms with E-state index >= 15 is 0 Å². The average Bonchev–Trinajstić information content (AvgIpc) is 3.26. The van der Waals surface area contributed by atoms with Gasteiger partial charge in [0, 0.05) is 23.4 Å². The van der Waals surface area contributed by atoms with E-state index in [0.717, 1.165) is 5.56 Å². The SMILES string of the molecule is O=C(CCc1ccccc1)Nc1nc(C(=O)Nc2nccs2)cs1. The maximum atomic E-state index is 12.0. The van der Waals surface area contributed by atoms with E-state index in [-0.39, 0.29) is 17.5 Å². The van der Waals surface area contributed by atoms with Crippen LogP contribution in [-0.4, -0.2) is 21.8 Å². The van der Waals surface area contributed by atoms with Crippen molar-refractivity contribution in [3.05, 3.63) is 58.5 Å². The summed E-state index contributed by atoms with van der Waals surface area (Å²) in [6.07, 6.45) is 2.64. The van der Waals surface area contributed by atoms with Gasteiger partial charge in [-0.3, -0.25) is 14.9 Å². The van der Waals surface area contributed by atoms with Crippen molar-refractivity contribution in [3.63, 3.8) is 0 Å². The summed E-state index contributed by atoms with van der Waals surface area (Å²) < 4.78 is 0. The molecule has 2 heterocycles. The summed E-state index contributed by atoms with van der Waals surface area (Å²) in [5.41, 5.74) is 1.36. The fourth-order valence-electron chi connectivity index (χ4n) is 1.97. The van der Waals surface area contributed by atoms with Crippen LogP contribution in [0.4, 0.5) is 10.3 Å². The van der Waals surface area contributed by atoms with E-state index in [2.05, 4.69) is 20.6 Å². The maximum absolute atomic E-state index is 12.0. The summed E-state index contributed by atoms with van der Waals surface area (Å²) in [6, 6.07) is 9.80. The Bertz CT molecular complexity index is 816. The minimum absolute atomic E-state index is 0.125. The number of aryl methyl sites for hydroxylation is 1. The molecule has 2 N–H and O–H groups in total. The highest BCUT2D eigenvalue weighted by Crippen LogP contribution is 2.18. The van der Waals surface area contributed by atoms with Gasteiger partial charge < -0.3 is 5.32 Å². The van der Waals surface area contributed by atoms with Crippen molar-refractivity contribution in [3.8, 4) is 0 Å². The van der Waals surface area contributed by atoms with Gasteiger partial charge >= 0.3 is 0 Å². The fraction of sp³-hybridized carbons (Fsp3) is 0.125. The number of thiazole rings is 2. The number of anilines is 2. The number of hydrogen-bond donors (Lipinski definition) is 2. The first-order valence-corrected chi connectivity index (χ1v) is 8.97. The van der Waals surface area contributed by atoms with Crippen molar-refractivity contribution in [2.75, 3.05) is 10.6 Å². The molecule has 0 unspecified atom stereocenters. The largest absolute Gasteiger partial charge is 0.302 e. The number of rotatable bonds is 6. The minimum Gasteiger partial charge on any atom is -0.302 e. The normalized spacial score (nSPS) is 10.3. The Labute approximate surface area is 146 Å². The quantitative estimate of drug-likeness (QED) is 0.707. The predicted molar refractivity (Wildman–Crippen MR) is 95.6 cm³/mol. The summed E-state index contributed by atoms with van der Waals surface area (Å²) in [6.45, 7) is 0. The molecule has 6 nitrogen and oxygen atoms in total. The summed E-state index contributed by atoms with van der Waals surface area (Å²) in [4.78, 5) is 32.1. The van der Waals surface area contributed by atoms with Gasteiger partial charge in [0.15, 0.2) is 10.3 Å². The topological polar surface area (TPSA) is 84.0 Å². The van der Waals surface area contributed by atoms with Gasteiger partial charge in [-0.2, -0.15) is 0 Å². The van der Waals surface area contributed by atoms with Gasteiger partial charge in [-0.1, -0.05) is 30.3 Å². The zero-order valence-electron chi connectivity index (χ0n) is 12.6. The number of amides is 2. The summed E-state index contributed by atoms with van der Waals surface area (Å²) in [5, 5.41) is 9.68. The van der Waals surface area contributed by atoms with Crippen LogP contribution in [0.2, 0.25) is 0 Å². The second-order valence-electron chi connectivity index (χ2n) is 4.86. The van der Waals surface area contributed by atoms with E-state index in [0.29, 0.717) is 23.1 Å². The molecule has 2 aromatic heterocycles. The van der Waals surface area contributed by atoms with E-state index in [1.54, 1.807) is 17.0 Å². The number of benzene rings is 1. The zero-order chi connectivity index (χ0) is 16.8. The molecule has 122 valence electrons. The lowest BCUT2D eigenvalue weighted by Crippen LogP contribution is -2.14. The number of nitrogens with one attached hydrogen (secondary N) is 2. The molecule has 0 radical (unpaired) electrons. The minimum atomic E-state index is -0.342. The average molecular weight is 358 g/mol. The van der Waals surface area contributed by atoms with E-state index in [1.807, 2.05) is 30.3 Å². The van der Waals surface area contributed by atoms with Crippen LogP contribution < -0.4 is 10.6 Å². The molecular formula is C16H14N4O2S2. The van der Waals surface area contributed by atoms with Crippen LogP contribution in [0.3, 0.4) is 0 Å². The number of hydrogen-bond acceptors (Lipinski definition) is 6. The highest BCUT2D eigenvalue weighted by Gasteiger charge is 2.13. The van der Waals surface area contributed by atoms with Gasteiger partial charge in [0.1, 0.15) is 5.69 Å². The predicted octanol–water partition coefficient (Wildman–Crippen LogP) is 3.42. The van der Waals surface area contributed by atoms with Crippen molar-refractivity contribution in [2.45, 2.75) is 12.8 Å². The Balaban J connectivity index is 1.51. The molecule has 0 saturated heterocycles. The first-order chi connectivity index (χ1) is 11.7. The number of aromatic nitrogens is 2. The first-order valence-electron chi connectivity index (χ1n) is 7.21. The molecule has 2 amide bonds. The standard InChI is InChI=1S/C16H14N4O2S2/c21-13(7-6-11-4-2-1-3-5-11)19-16-18-12(10-24-16)14(22)20-15-17-8-9-23-15/h1-5,8-10H,6-7H2,(H,17,20,22)(H,18,19,21). The Morgan fingerprint density at radius 1 is 1.04 bits per heavy atom. The van der Waals surface area contributed by atoms with Crippen LogP contribution in [0.1, 0.15) is 22.5 Å². The van der Waals surface area contributed by atoms with Gasteiger partial charge in [0.25, 0.3) is 5.91 Å². The van der Waals surface area contributed by atoms with Gasteiger partial charge in [-0.15, -0.1) is 22.7 Å². The van der Waals surface area contributed by atoms with E-state index < -0.39 is 0 Å². The smallest absolute Gasteiger partial charge is 0.276 e. The van der Waals surface area contributed by atoms with E-state index in [9.17, 15) is 9.59 Å². The van der Waals surface area contributed by atoms with Gasteiger partial charge in [-0.05, 0) is 12.0 Å². The van der Waals surface area contributed by atoms with Crippen molar-refractivity contribution in [1.82, 2.24) is 9.97 Å². The second-order valence-corrected chi connectivity index (χ2v) is 6.62. The van der Waals surface area contributed by atoms with Crippen LogP contribution in [0, 0.1) is 0 Å². The van der Waals surface area contributed by atoms with Crippen molar-refractivity contribution in [1.29, 1.82) is 0 Å². The molecular weight excluding hydrogens is 344 g/mol. The molecule has 0 saturated carbocycles. The number of carbonyl (C=O) groups excluding carboxylic acids is 2. The lowest BCUT2D eigenvalue weighted by Gasteiger charge is -2.02. The van der Waals surface area contributed by atoms with Crippen LogP contribution in [0.15, 0.2) is 47.3 Å². The van der Waals surface area contributed by atoms with Crippen LogP contribution >= 0.6 is 22.7 Å². The molecule has 0 bridgehead atoms. The van der Waals surface area contributed by atoms with Gasteiger partial charge in [0.05, 0.1) is 0 Å². The molecule has 3 aromatic rings. The molecule has 0 aliphatic carbocycles. The molecule has 0 aliphatic rings. The second kappa shape index (κ2) is 7.80. The third kappa shape index (κ3) is 4.46. The number of nitrogens with zero attached hydrogens (tertiary/aromatic N) is 2. The Morgan fingerprint density at radius 3 is 2.62 bits per heavy atom. The van der Waals surface area contributed by atoms with Gasteiger partial charge in [0.2, 0.25) is 5.91 Å². The highest BCUT2D eigenvalue weighted by molar-refractivity contribution is 7.14. The molecule has 8 heteroatoms. The lowest BCUT2D eigenvalue weighted by molar-refractivity contribution is -0.116. The van der Waals surface area contributed by atoms with Crippen LogP contribution in [0.25, 0.3) is 0 Å². The fourth-order valence-corrected chi connectivity index (χ4v) is 3.20. The molecule has 3 rings (SSSR count). The van der Waals surface area contributed by atoms with E-state index in [1.165, 1.54) is 22.7 Å². The summed E-state index contributed by atoms with van der Waals surface area (Å²) >= 11 is 2.55.